The van der Waals surface area contributed by atoms with E-state index in [1.165, 1.54) is 31.0 Å². The first-order valence-corrected chi connectivity index (χ1v) is 8.69. The first-order chi connectivity index (χ1) is 10.7. The lowest BCUT2D eigenvalue weighted by Gasteiger charge is -2.29. The third kappa shape index (κ3) is 3.08. The summed E-state index contributed by atoms with van der Waals surface area (Å²) in [4.78, 5) is 15.1. The molecule has 1 aliphatic heterocycles. The summed E-state index contributed by atoms with van der Waals surface area (Å²) in [6.45, 7) is 0. The van der Waals surface area contributed by atoms with E-state index in [0.717, 1.165) is 18.4 Å². The Kier molecular flexibility index (Phi) is 4.60. The van der Waals surface area contributed by atoms with Crippen LogP contribution in [-0.2, 0) is 4.79 Å². The number of carbonyl (C=O) groups is 1. The second-order valence-corrected chi connectivity index (χ2v) is 7.25. The standard InChI is InChI=1S/C17H16N2OS2/c18-11-13-8-6-12(7-9-13)10-15-16(20)19(17(21)22-15)14-4-2-1-3-5-14/h6-10,14H,1-5H2. The van der Waals surface area contributed by atoms with Crippen LogP contribution in [0.1, 0.15) is 43.2 Å². The summed E-state index contributed by atoms with van der Waals surface area (Å²) < 4.78 is 0.678. The average Bonchev–Trinajstić information content (AvgIpc) is 2.83. The molecule has 0 unspecified atom stereocenters. The van der Waals surface area contributed by atoms with Gasteiger partial charge in [0.1, 0.15) is 4.32 Å². The Morgan fingerprint density at radius 2 is 1.91 bits per heavy atom. The Hall–Kier alpha value is -1.64. The van der Waals surface area contributed by atoms with Gasteiger partial charge in [-0.3, -0.25) is 9.69 Å². The molecular weight excluding hydrogens is 312 g/mol. The Balaban J connectivity index is 1.80. The number of nitrogens with zero attached hydrogens (tertiary/aromatic N) is 2. The van der Waals surface area contributed by atoms with Gasteiger partial charge in [0.2, 0.25) is 0 Å². The zero-order valence-electron chi connectivity index (χ0n) is 12.1. The minimum Gasteiger partial charge on any atom is -0.290 e. The second kappa shape index (κ2) is 6.64. The summed E-state index contributed by atoms with van der Waals surface area (Å²) in [5.74, 6) is 0.0336. The lowest BCUT2D eigenvalue weighted by atomic mass is 9.94. The van der Waals surface area contributed by atoms with Crippen LogP contribution in [0.15, 0.2) is 29.2 Å². The first-order valence-electron chi connectivity index (χ1n) is 7.46. The molecule has 1 aromatic carbocycles. The molecule has 1 aromatic rings. The van der Waals surface area contributed by atoms with Crippen LogP contribution in [0.5, 0.6) is 0 Å². The van der Waals surface area contributed by atoms with Crippen molar-refractivity contribution in [2.75, 3.05) is 0 Å². The van der Waals surface area contributed by atoms with Gasteiger partial charge in [-0.2, -0.15) is 5.26 Å². The first kappa shape index (κ1) is 15.3. The van der Waals surface area contributed by atoms with Gasteiger partial charge in [0, 0.05) is 6.04 Å². The smallest absolute Gasteiger partial charge is 0.266 e. The topological polar surface area (TPSA) is 44.1 Å². The summed E-state index contributed by atoms with van der Waals surface area (Å²) in [6, 6.07) is 9.58. The van der Waals surface area contributed by atoms with Crippen molar-refractivity contribution in [2.24, 2.45) is 0 Å². The number of benzene rings is 1. The third-order valence-corrected chi connectivity index (χ3v) is 5.43. The van der Waals surface area contributed by atoms with Crippen LogP contribution >= 0.6 is 24.0 Å². The maximum Gasteiger partial charge on any atom is 0.266 e. The highest BCUT2D eigenvalue weighted by Crippen LogP contribution is 2.37. The summed E-state index contributed by atoms with van der Waals surface area (Å²) in [7, 11) is 0. The molecule has 0 radical (unpaired) electrons. The largest absolute Gasteiger partial charge is 0.290 e. The monoisotopic (exact) mass is 328 g/mol. The number of amides is 1. The number of hydrogen-bond acceptors (Lipinski definition) is 4. The van der Waals surface area contributed by atoms with Crippen molar-refractivity contribution in [3.05, 3.63) is 40.3 Å². The van der Waals surface area contributed by atoms with Gasteiger partial charge >= 0.3 is 0 Å². The van der Waals surface area contributed by atoms with Gasteiger partial charge in [0.05, 0.1) is 16.5 Å². The lowest BCUT2D eigenvalue weighted by molar-refractivity contribution is -0.124. The van der Waals surface area contributed by atoms with E-state index in [1.807, 2.05) is 23.1 Å². The number of hydrogen-bond donors (Lipinski definition) is 0. The van der Waals surface area contributed by atoms with Crippen molar-refractivity contribution in [1.29, 1.82) is 5.26 Å². The van der Waals surface area contributed by atoms with E-state index in [4.69, 9.17) is 17.5 Å². The van der Waals surface area contributed by atoms with Crippen LogP contribution in [0, 0.1) is 11.3 Å². The molecule has 0 bridgehead atoms. The van der Waals surface area contributed by atoms with Gasteiger partial charge in [-0.25, -0.2) is 0 Å². The Morgan fingerprint density at radius 1 is 1.23 bits per heavy atom. The number of carbonyl (C=O) groups excluding carboxylic acids is 1. The van der Waals surface area contributed by atoms with Crippen LogP contribution in [0.25, 0.3) is 6.08 Å². The maximum absolute atomic E-state index is 12.6. The normalized spacial score (nSPS) is 21.4. The Labute approximate surface area is 140 Å². The highest BCUT2D eigenvalue weighted by Gasteiger charge is 2.37. The molecule has 1 saturated carbocycles. The number of nitriles is 1. The van der Waals surface area contributed by atoms with E-state index >= 15 is 0 Å². The maximum atomic E-state index is 12.6. The Bertz CT molecular complexity index is 667. The fourth-order valence-corrected chi connectivity index (χ4v) is 4.34. The molecule has 3 rings (SSSR count). The van der Waals surface area contributed by atoms with Crippen molar-refractivity contribution < 1.29 is 4.79 Å². The molecular formula is C17H16N2OS2. The molecule has 2 aliphatic rings. The van der Waals surface area contributed by atoms with Crippen molar-refractivity contribution in [2.45, 2.75) is 38.1 Å². The van der Waals surface area contributed by atoms with E-state index in [2.05, 4.69) is 6.07 Å². The lowest BCUT2D eigenvalue weighted by Crippen LogP contribution is -2.39. The summed E-state index contributed by atoms with van der Waals surface area (Å²) >= 11 is 6.80. The molecule has 1 amide bonds. The quantitative estimate of drug-likeness (QED) is 0.606. The minimum absolute atomic E-state index is 0.0336. The summed E-state index contributed by atoms with van der Waals surface area (Å²) in [5, 5.41) is 8.82. The van der Waals surface area contributed by atoms with Crippen LogP contribution in [0.2, 0.25) is 0 Å². The fraction of sp³-hybridized carbons (Fsp3) is 0.353. The molecule has 0 aromatic heterocycles. The Morgan fingerprint density at radius 3 is 2.55 bits per heavy atom. The molecule has 1 saturated heterocycles. The predicted octanol–water partition coefficient (Wildman–Crippen LogP) is 4.09. The molecule has 0 N–H and O–H groups in total. The van der Waals surface area contributed by atoms with Crippen LogP contribution in [0.4, 0.5) is 0 Å². The summed E-state index contributed by atoms with van der Waals surface area (Å²) in [5.41, 5.74) is 1.54. The van der Waals surface area contributed by atoms with Gasteiger partial charge in [-0.05, 0) is 36.6 Å². The van der Waals surface area contributed by atoms with Crippen molar-refractivity contribution in [3.63, 3.8) is 0 Å². The molecule has 5 heteroatoms. The predicted molar refractivity (Wildman–Crippen MR) is 93.0 cm³/mol. The minimum atomic E-state index is 0.0336. The molecule has 1 aliphatic carbocycles. The van der Waals surface area contributed by atoms with Gasteiger partial charge in [-0.15, -0.1) is 0 Å². The van der Waals surface area contributed by atoms with E-state index in [-0.39, 0.29) is 11.9 Å². The fourth-order valence-electron chi connectivity index (χ4n) is 2.94. The van der Waals surface area contributed by atoms with E-state index in [1.54, 1.807) is 12.1 Å². The molecule has 1 heterocycles. The highest BCUT2D eigenvalue weighted by molar-refractivity contribution is 8.26. The zero-order chi connectivity index (χ0) is 15.5. The molecule has 0 spiro atoms. The molecule has 3 nitrogen and oxygen atoms in total. The van der Waals surface area contributed by atoms with E-state index in [0.29, 0.717) is 14.8 Å². The van der Waals surface area contributed by atoms with Gasteiger partial charge in [0.25, 0.3) is 5.91 Å². The van der Waals surface area contributed by atoms with Crippen molar-refractivity contribution in [3.8, 4) is 6.07 Å². The van der Waals surface area contributed by atoms with E-state index in [9.17, 15) is 4.79 Å². The van der Waals surface area contributed by atoms with Crippen molar-refractivity contribution >= 4 is 40.3 Å². The molecule has 112 valence electrons. The van der Waals surface area contributed by atoms with Crippen molar-refractivity contribution in [1.82, 2.24) is 4.90 Å². The molecule has 2 fully saturated rings. The van der Waals surface area contributed by atoms with Crippen LogP contribution in [-0.4, -0.2) is 21.2 Å². The van der Waals surface area contributed by atoms with Crippen LogP contribution < -0.4 is 0 Å². The number of thiocarbonyl (C=S) groups is 1. The van der Waals surface area contributed by atoms with Gasteiger partial charge in [0.15, 0.2) is 0 Å². The molecule has 22 heavy (non-hydrogen) atoms. The summed E-state index contributed by atoms with van der Waals surface area (Å²) in [6.07, 6.45) is 7.58. The average molecular weight is 328 g/mol. The number of thioether (sulfide) groups is 1. The number of rotatable bonds is 2. The third-order valence-electron chi connectivity index (χ3n) is 4.10. The van der Waals surface area contributed by atoms with Crippen LogP contribution in [0.3, 0.4) is 0 Å². The van der Waals surface area contributed by atoms with E-state index < -0.39 is 0 Å². The highest BCUT2D eigenvalue weighted by atomic mass is 32.2. The zero-order valence-corrected chi connectivity index (χ0v) is 13.8. The van der Waals surface area contributed by atoms with Gasteiger partial charge in [-0.1, -0.05) is 55.4 Å². The van der Waals surface area contributed by atoms with Gasteiger partial charge < -0.3 is 0 Å². The molecule has 0 atom stereocenters. The SMILES string of the molecule is N#Cc1ccc(C=C2SC(=S)N(C3CCCCC3)C2=O)cc1. The second-order valence-electron chi connectivity index (χ2n) is 5.58.